The van der Waals surface area contributed by atoms with Crippen molar-refractivity contribution in [3.8, 4) is 0 Å². The van der Waals surface area contributed by atoms with Crippen LogP contribution in [0.1, 0.15) is 40.0 Å². The number of rotatable bonds is 3. The van der Waals surface area contributed by atoms with Crippen LogP contribution in [0.25, 0.3) is 0 Å². The van der Waals surface area contributed by atoms with Gasteiger partial charge in [-0.1, -0.05) is 13.8 Å². The molecule has 14 heavy (non-hydrogen) atoms. The Morgan fingerprint density at radius 1 is 1.50 bits per heavy atom. The van der Waals surface area contributed by atoms with E-state index in [1.54, 1.807) is 0 Å². The summed E-state index contributed by atoms with van der Waals surface area (Å²) < 4.78 is 6.00. The van der Waals surface area contributed by atoms with Gasteiger partial charge < -0.3 is 10.1 Å². The van der Waals surface area contributed by atoms with Crippen LogP contribution in [-0.4, -0.2) is 24.8 Å². The third-order valence-electron chi connectivity index (χ3n) is 3.94. The monoisotopic (exact) mass is 197 g/mol. The van der Waals surface area contributed by atoms with Crippen molar-refractivity contribution in [1.82, 2.24) is 5.32 Å². The maximum atomic E-state index is 6.00. The van der Waals surface area contributed by atoms with Crippen molar-refractivity contribution in [3.05, 3.63) is 0 Å². The smallest absolute Gasteiger partial charge is 0.0700 e. The second-order valence-electron chi connectivity index (χ2n) is 5.23. The lowest BCUT2D eigenvalue weighted by Crippen LogP contribution is -2.46. The lowest BCUT2D eigenvalue weighted by molar-refractivity contribution is -0.0927. The van der Waals surface area contributed by atoms with Gasteiger partial charge in [0.1, 0.15) is 0 Å². The van der Waals surface area contributed by atoms with Gasteiger partial charge >= 0.3 is 0 Å². The van der Waals surface area contributed by atoms with Crippen LogP contribution in [0.15, 0.2) is 0 Å². The minimum absolute atomic E-state index is 0.171. The van der Waals surface area contributed by atoms with Crippen LogP contribution in [-0.2, 0) is 4.74 Å². The predicted octanol–water partition coefficient (Wildman–Crippen LogP) is 2.19. The highest BCUT2D eigenvalue weighted by molar-refractivity contribution is 5.01. The van der Waals surface area contributed by atoms with Gasteiger partial charge in [-0.05, 0) is 44.6 Å². The van der Waals surface area contributed by atoms with Gasteiger partial charge in [0.05, 0.1) is 5.60 Å². The molecular formula is C12H23NO. The third kappa shape index (κ3) is 1.96. The first-order valence-corrected chi connectivity index (χ1v) is 6.03. The van der Waals surface area contributed by atoms with E-state index in [9.17, 15) is 0 Å². The number of hydrogen-bond acceptors (Lipinski definition) is 2. The standard InChI is InChI=1S/C12H23NO/c1-4-13-10-5-6-14-12(3,8-10)11-7-9(11)2/h9-11,13H,4-8H2,1-3H3. The summed E-state index contributed by atoms with van der Waals surface area (Å²) in [5.41, 5.74) is 0.171. The number of ether oxygens (including phenoxy) is 1. The zero-order valence-corrected chi connectivity index (χ0v) is 9.68. The SMILES string of the molecule is CCNC1CCOC(C)(C2CC2C)C1. The largest absolute Gasteiger partial charge is 0.375 e. The molecule has 1 aliphatic carbocycles. The van der Waals surface area contributed by atoms with Crippen molar-refractivity contribution in [2.75, 3.05) is 13.2 Å². The van der Waals surface area contributed by atoms with Crippen molar-refractivity contribution in [3.63, 3.8) is 0 Å². The van der Waals surface area contributed by atoms with Crippen molar-refractivity contribution in [2.45, 2.75) is 51.7 Å². The fourth-order valence-electron chi connectivity index (χ4n) is 2.98. The van der Waals surface area contributed by atoms with Crippen molar-refractivity contribution in [1.29, 1.82) is 0 Å². The first-order chi connectivity index (χ1) is 6.65. The van der Waals surface area contributed by atoms with Gasteiger partial charge in [0.25, 0.3) is 0 Å². The minimum atomic E-state index is 0.171. The molecular weight excluding hydrogens is 174 g/mol. The van der Waals surface area contributed by atoms with E-state index in [-0.39, 0.29) is 5.60 Å². The Hall–Kier alpha value is -0.0800. The van der Waals surface area contributed by atoms with Crippen LogP contribution in [0.4, 0.5) is 0 Å². The van der Waals surface area contributed by atoms with Crippen LogP contribution in [0.2, 0.25) is 0 Å². The maximum absolute atomic E-state index is 6.00. The van der Waals surface area contributed by atoms with E-state index in [0.717, 1.165) is 25.0 Å². The van der Waals surface area contributed by atoms with Crippen LogP contribution < -0.4 is 5.32 Å². The molecule has 2 rings (SSSR count). The number of nitrogens with one attached hydrogen (secondary N) is 1. The summed E-state index contributed by atoms with van der Waals surface area (Å²) in [5.74, 6) is 1.71. The summed E-state index contributed by atoms with van der Waals surface area (Å²) >= 11 is 0. The molecule has 0 bridgehead atoms. The Balaban J connectivity index is 1.92. The first kappa shape index (κ1) is 10.4. The molecule has 2 heteroatoms. The van der Waals surface area contributed by atoms with Crippen LogP contribution in [0.3, 0.4) is 0 Å². The topological polar surface area (TPSA) is 21.3 Å². The Morgan fingerprint density at radius 2 is 2.21 bits per heavy atom. The van der Waals surface area contributed by atoms with E-state index in [4.69, 9.17) is 4.74 Å². The molecule has 0 aromatic heterocycles. The average molecular weight is 197 g/mol. The molecule has 1 saturated heterocycles. The molecule has 0 aromatic carbocycles. The molecule has 0 amide bonds. The van der Waals surface area contributed by atoms with Gasteiger partial charge in [-0.2, -0.15) is 0 Å². The Morgan fingerprint density at radius 3 is 2.79 bits per heavy atom. The average Bonchev–Trinajstić information content (AvgIpc) is 2.84. The molecule has 1 aliphatic heterocycles. The molecule has 2 fully saturated rings. The summed E-state index contributed by atoms with van der Waals surface area (Å²) in [6.07, 6.45) is 3.76. The molecule has 4 atom stereocenters. The molecule has 0 radical (unpaired) electrons. The Kier molecular flexibility index (Phi) is 2.85. The highest BCUT2D eigenvalue weighted by Gasteiger charge is 2.50. The summed E-state index contributed by atoms with van der Waals surface area (Å²) in [4.78, 5) is 0. The molecule has 2 aliphatic rings. The Bertz CT molecular complexity index is 204. The van der Waals surface area contributed by atoms with E-state index in [0.29, 0.717) is 6.04 Å². The van der Waals surface area contributed by atoms with Crippen molar-refractivity contribution >= 4 is 0 Å². The lowest BCUT2D eigenvalue weighted by atomic mass is 9.87. The molecule has 82 valence electrons. The maximum Gasteiger partial charge on any atom is 0.0700 e. The molecule has 1 saturated carbocycles. The van der Waals surface area contributed by atoms with E-state index in [1.807, 2.05) is 0 Å². The number of hydrogen-bond donors (Lipinski definition) is 1. The van der Waals surface area contributed by atoms with Gasteiger partial charge in [0.15, 0.2) is 0 Å². The summed E-state index contributed by atoms with van der Waals surface area (Å²) in [6.45, 7) is 8.87. The Labute approximate surface area is 87.4 Å². The molecule has 1 heterocycles. The van der Waals surface area contributed by atoms with Gasteiger partial charge in [0.2, 0.25) is 0 Å². The van der Waals surface area contributed by atoms with Gasteiger partial charge in [-0.15, -0.1) is 0 Å². The van der Waals surface area contributed by atoms with Gasteiger partial charge in [0, 0.05) is 12.6 Å². The second-order valence-corrected chi connectivity index (χ2v) is 5.23. The van der Waals surface area contributed by atoms with E-state index >= 15 is 0 Å². The highest BCUT2D eigenvalue weighted by Crippen LogP contribution is 2.50. The van der Waals surface area contributed by atoms with Crippen LogP contribution in [0.5, 0.6) is 0 Å². The van der Waals surface area contributed by atoms with Gasteiger partial charge in [-0.25, -0.2) is 0 Å². The summed E-state index contributed by atoms with van der Waals surface area (Å²) in [7, 11) is 0. The van der Waals surface area contributed by atoms with Crippen molar-refractivity contribution < 1.29 is 4.74 Å². The fraction of sp³-hybridized carbons (Fsp3) is 1.00. The van der Waals surface area contributed by atoms with E-state index < -0.39 is 0 Å². The van der Waals surface area contributed by atoms with Crippen LogP contribution >= 0.6 is 0 Å². The fourth-order valence-corrected chi connectivity index (χ4v) is 2.98. The summed E-state index contributed by atoms with van der Waals surface area (Å²) in [6, 6.07) is 0.687. The molecule has 2 nitrogen and oxygen atoms in total. The second kappa shape index (κ2) is 3.82. The summed E-state index contributed by atoms with van der Waals surface area (Å²) in [5, 5.41) is 3.56. The molecule has 1 N–H and O–H groups in total. The normalized spacial score (nSPS) is 47.8. The van der Waals surface area contributed by atoms with E-state index in [1.165, 1.54) is 19.3 Å². The predicted molar refractivity (Wildman–Crippen MR) is 58.3 cm³/mol. The molecule has 0 spiro atoms. The zero-order valence-electron chi connectivity index (χ0n) is 9.68. The van der Waals surface area contributed by atoms with Gasteiger partial charge in [-0.3, -0.25) is 0 Å². The van der Waals surface area contributed by atoms with E-state index in [2.05, 4.69) is 26.1 Å². The molecule has 0 aromatic rings. The minimum Gasteiger partial charge on any atom is -0.375 e. The van der Waals surface area contributed by atoms with Crippen LogP contribution in [0, 0.1) is 11.8 Å². The molecule has 4 unspecified atom stereocenters. The van der Waals surface area contributed by atoms with Crippen molar-refractivity contribution in [2.24, 2.45) is 11.8 Å². The zero-order chi connectivity index (χ0) is 10.2. The first-order valence-electron chi connectivity index (χ1n) is 6.03. The quantitative estimate of drug-likeness (QED) is 0.749. The third-order valence-corrected chi connectivity index (χ3v) is 3.94. The highest BCUT2D eigenvalue weighted by atomic mass is 16.5. The lowest BCUT2D eigenvalue weighted by Gasteiger charge is -2.39.